The number of aromatic hydroxyl groups is 1. The van der Waals surface area contributed by atoms with E-state index in [0.29, 0.717) is 12.3 Å². The van der Waals surface area contributed by atoms with Crippen molar-refractivity contribution in [1.29, 1.82) is 0 Å². The Balaban J connectivity index is 2.01. The maximum Gasteiger partial charge on any atom is 0.120 e. The van der Waals surface area contributed by atoms with Crippen molar-refractivity contribution in [2.24, 2.45) is 0 Å². The molecule has 1 aromatic carbocycles. The lowest BCUT2D eigenvalue weighted by Crippen LogP contribution is -2.17. The van der Waals surface area contributed by atoms with Gasteiger partial charge in [0.25, 0.3) is 0 Å². The topological polar surface area (TPSA) is 45.4 Å². The zero-order valence-corrected chi connectivity index (χ0v) is 10.1. The molecule has 0 radical (unpaired) electrons. The second kappa shape index (κ2) is 5.06. The summed E-state index contributed by atoms with van der Waals surface area (Å²) in [6, 6.07) is 9.60. The molecule has 1 atom stereocenters. The van der Waals surface area contributed by atoms with E-state index < -0.39 is 0 Å². The Kier molecular flexibility index (Phi) is 3.49. The normalized spacial score (nSPS) is 12.6. The van der Waals surface area contributed by atoms with E-state index >= 15 is 0 Å². The van der Waals surface area contributed by atoms with Gasteiger partial charge in [-0.3, -0.25) is 0 Å². The Hall–Kier alpha value is -1.74. The largest absolute Gasteiger partial charge is 0.508 e. The molecule has 3 nitrogen and oxygen atoms in total. The van der Waals surface area contributed by atoms with Crippen molar-refractivity contribution in [2.45, 2.75) is 26.4 Å². The molecule has 1 aromatic heterocycles. The van der Waals surface area contributed by atoms with Crippen LogP contribution in [0.25, 0.3) is 0 Å². The van der Waals surface area contributed by atoms with Gasteiger partial charge < -0.3 is 14.8 Å². The summed E-state index contributed by atoms with van der Waals surface area (Å²) in [6.45, 7) is 4.64. The first-order valence-corrected chi connectivity index (χ1v) is 5.72. The van der Waals surface area contributed by atoms with Crippen molar-refractivity contribution >= 4 is 0 Å². The number of hydrogen-bond donors (Lipinski definition) is 2. The average molecular weight is 231 g/mol. The molecule has 1 heterocycles. The van der Waals surface area contributed by atoms with Crippen molar-refractivity contribution in [1.82, 2.24) is 5.32 Å². The Morgan fingerprint density at radius 2 is 2.18 bits per heavy atom. The lowest BCUT2D eigenvalue weighted by molar-refractivity contribution is 0.435. The van der Waals surface area contributed by atoms with E-state index in [9.17, 15) is 5.11 Å². The van der Waals surface area contributed by atoms with E-state index in [1.54, 1.807) is 12.3 Å². The quantitative estimate of drug-likeness (QED) is 0.849. The maximum atomic E-state index is 9.86. The molecular weight excluding hydrogens is 214 g/mol. The molecule has 0 fully saturated rings. The maximum absolute atomic E-state index is 9.86. The highest BCUT2D eigenvalue weighted by atomic mass is 16.3. The molecule has 0 aliphatic heterocycles. The number of furan rings is 1. The van der Waals surface area contributed by atoms with Gasteiger partial charge >= 0.3 is 0 Å². The summed E-state index contributed by atoms with van der Waals surface area (Å²) < 4.78 is 5.24. The highest BCUT2D eigenvalue weighted by Crippen LogP contribution is 2.25. The van der Waals surface area contributed by atoms with Crippen molar-refractivity contribution in [2.75, 3.05) is 0 Å². The van der Waals surface area contributed by atoms with E-state index in [1.807, 2.05) is 38.1 Å². The molecule has 3 heteroatoms. The van der Waals surface area contributed by atoms with Gasteiger partial charge in [-0.05, 0) is 37.6 Å². The summed E-state index contributed by atoms with van der Waals surface area (Å²) in [5, 5.41) is 13.2. The van der Waals surface area contributed by atoms with Crippen LogP contribution in [-0.2, 0) is 6.54 Å². The minimum absolute atomic E-state index is 0.0840. The molecule has 0 aliphatic rings. The lowest BCUT2D eigenvalue weighted by Gasteiger charge is -2.15. The van der Waals surface area contributed by atoms with Gasteiger partial charge in [-0.2, -0.15) is 0 Å². The number of rotatable bonds is 4. The van der Waals surface area contributed by atoms with Gasteiger partial charge in [0.15, 0.2) is 0 Å². The number of phenolic OH excluding ortho intramolecular Hbond substituents is 1. The van der Waals surface area contributed by atoms with Gasteiger partial charge in [0, 0.05) is 11.6 Å². The van der Waals surface area contributed by atoms with E-state index in [1.165, 1.54) is 0 Å². The molecule has 17 heavy (non-hydrogen) atoms. The average Bonchev–Trinajstić information content (AvgIpc) is 2.78. The van der Waals surface area contributed by atoms with Crippen LogP contribution in [0.15, 0.2) is 41.0 Å². The third kappa shape index (κ3) is 2.88. The Bertz CT molecular complexity index is 477. The number of phenols is 1. The van der Waals surface area contributed by atoms with Gasteiger partial charge in [-0.25, -0.2) is 0 Å². The number of nitrogens with one attached hydrogen (secondary N) is 1. The van der Waals surface area contributed by atoms with Crippen LogP contribution in [0.3, 0.4) is 0 Å². The fourth-order valence-corrected chi connectivity index (χ4v) is 1.80. The molecular formula is C14H17NO2. The summed E-state index contributed by atoms with van der Waals surface area (Å²) in [7, 11) is 0. The molecule has 2 N–H and O–H groups in total. The van der Waals surface area contributed by atoms with Crippen LogP contribution >= 0.6 is 0 Å². The van der Waals surface area contributed by atoms with Gasteiger partial charge in [-0.15, -0.1) is 0 Å². The molecule has 0 spiro atoms. The second-order valence-electron chi connectivity index (χ2n) is 4.24. The smallest absolute Gasteiger partial charge is 0.120 e. The van der Waals surface area contributed by atoms with E-state index in [0.717, 1.165) is 16.9 Å². The molecule has 1 unspecified atom stereocenters. The van der Waals surface area contributed by atoms with Crippen molar-refractivity contribution in [3.8, 4) is 5.75 Å². The van der Waals surface area contributed by atoms with Crippen molar-refractivity contribution < 1.29 is 9.52 Å². The summed E-state index contributed by atoms with van der Waals surface area (Å²) in [6.07, 6.45) is 1.66. The zero-order valence-electron chi connectivity index (χ0n) is 10.1. The first-order chi connectivity index (χ1) is 8.16. The lowest BCUT2D eigenvalue weighted by atomic mass is 10.1. The highest BCUT2D eigenvalue weighted by Gasteiger charge is 2.10. The van der Waals surface area contributed by atoms with Crippen LogP contribution in [0, 0.1) is 6.92 Å². The Morgan fingerprint density at radius 3 is 2.82 bits per heavy atom. The zero-order chi connectivity index (χ0) is 12.3. The predicted octanol–water partition coefficient (Wildman–Crippen LogP) is 3.14. The monoisotopic (exact) mass is 231 g/mol. The summed E-state index contributed by atoms with van der Waals surface area (Å²) in [5.74, 6) is 1.23. The minimum Gasteiger partial charge on any atom is -0.508 e. The first-order valence-electron chi connectivity index (χ1n) is 5.72. The van der Waals surface area contributed by atoms with Gasteiger partial charge in [-0.1, -0.05) is 12.1 Å². The number of hydrogen-bond acceptors (Lipinski definition) is 3. The molecule has 0 saturated carbocycles. The Labute approximate surface area is 101 Å². The van der Waals surface area contributed by atoms with Gasteiger partial charge in [0.2, 0.25) is 0 Å². The van der Waals surface area contributed by atoms with Crippen LogP contribution in [0.2, 0.25) is 0 Å². The standard InChI is InChI=1S/C14H17NO2/c1-10-5-6-13(14(16)8-10)11(2)15-9-12-4-3-7-17-12/h3-8,11,15-16H,9H2,1-2H3. The van der Waals surface area contributed by atoms with Crippen molar-refractivity contribution in [3.05, 3.63) is 53.5 Å². The molecule has 90 valence electrons. The SMILES string of the molecule is Cc1ccc(C(C)NCc2ccco2)c(O)c1. The molecule has 0 amide bonds. The third-order valence-electron chi connectivity index (χ3n) is 2.82. The van der Waals surface area contributed by atoms with Crippen LogP contribution in [0.4, 0.5) is 0 Å². The van der Waals surface area contributed by atoms with Crippen molar-refractivity contribution in [3.63, 3.8) is 0 Å². The molecule has 0 saturated heterocycles. The summed E-state index contributed by atoms with van der Waals surface area (Å²) >= 11 is 0. The van der Waals surface area contributed by atoms with Crippen LogP contribution < -0.4 is 5.32 Å². The fraction of sp³-hybridized carbons (Fsp3) is 0.286. The minimum atomic E-state index is 0.0840. The molecule has 2 aromatic rings. The van der Waals surface area contributed by atoms with E-state index in [4.69, 9.17) is 4.42 Å². The third-order valence-corrected chi connectivity index (χ3v) is 2.82. The van der Waals surface area contributed by atoms with Crippen LogP contribution in [0.1, 0.15) is 29.9 Å². The number of benzene rings is 1. The first kappa shape index (κ1) is 11.7. The van der Waals surface area contributed by atoms with E-state index in [2.05, 4.69) is 5.32 Å². The van der Waals surface area contributed by atoms with Crippen LogP contribution in [0.5, 0.6) is 5.75 Å². The van der Waals surface area contributed by atoms with E-state index in [-0.39, 0.29) is 6.04 Å². The second-order valence-corrected chi connectivity index (χ2v) is 4.24. The fourth-order valence-electron chi connectivity index (χ4n) is 1.80. The van der Waals surface area contributed by atoms with Crippen LogP contribution in [-0.4, -0.2) is 5.11 Å². The predicted molar refractivity (Wildman–Crippen MR) is 66.8 cm³/mol. The molecule has 0 bridgehead atoms. The van der Waals surface area contributed by atoms with Gasteiger partial charge in [0.1, 0.15) is 11.5 Å². The molecule has 0 aliphatic carbocycles. The number of aryl methyl sites for hydroxylation is 1. The highest BCUT2D eigenvalue weighted by molar-refractivity contribution is 5.37. The Morgan fingerprint density at radius 1 is 1.35 bits per heavy atom. The summed E-state index contributed by atoms with van der Waals surface area (Å²) in [4.78, 5) is 0. The summed E-state index contributed by atoms with van der Waals surface area (Å²) in [5.41, 5.74) is 1.96. The molecule has 2 rings (SSSR count). The van der Waals surface area contributed by atoms with Gasteiger partial charge in [0.05, 0.1) is 12.8 Å².